The van der Waals surface area contributed by atoms with E-state index in [-0.39, 0.29) is 24.8 Å². The molecule has 0 aromatic heterocycles. The molecule has 0 fully saturated rings. The fraction of sp³-hybridized carbons (Fsp3) is 0.200. The molecule has 2 aromatic rings. The molecule has 3 heteroatoms. The maximum absolute atomic E-state index is 5.66. The quantitative estimate of drug-likeness (QED) is 0.806. The zero-order chi connectivity index (χ0) is 11.2. The molecule has 0 radical (unpaired) electrons. The minimum absolute atomic E-state index is 0. The van der Waals surface area contributed by atoms with Crippen molar-refractivity contribution in [1.82, 2.24) is 0 Å². The van der Waals surface area contributed by atoms with Gasteiger partial charge < -0.3 is 4.74 Å². The van der Waals surface area contributed by atoms with Gasteiger partial charge in [0.15, 0.2) is 0 Å². The van der Waals surface area contributed by atoms with E-state index in [0.717, 1.165) is 18.8 Å². The van der Waals surface area contributed by atoms with Crippen molar-refractivity contribution in [3.8, 4) is 5.75 Å². The van der Waals surface area contributed by atoms with Crippen molar-refractivity contribution in [2.75, 3.05) is 6.61 Å². The summed E-state index contributed by atoms with van der Waals surface area (Å²) in [4.78, 5) is 0. The van der Waals surface area contributed by atoms with Gasteiger partial charge in [-0.05, 0) is 24.6 Å². The van der Waals surface area contributed by atoms with Crippen LogP contribution in [0.25, 0.3) is 0 Å². The van der Waals surface area contributed by atoms with Gasteiger partial charge >= 0.3 is 0 Å². The molecule has 0 N–H and O–H groups in total. The highest BCUT2D eigenvalue weighted by molar-refractivity contribution is 5.85. The summed E-state index contributed by atoms with van der Waals surface area (Å²) >= 11 is 0. The highest BCUT2D eigenvalue weighted by Gasteiger charge is 1.94. The van der Waals surface area contributed by atoms with Gasteiger partial charge in [0, 0.05) is 6.42 Å². The first-order valence-electron chi connectivity index (χ1n) is 5.58. The fourth-order valence-electron chi connectivity index (χ4n) is 1.57. The van der Waals surface area contributed by atoms with Gasteiger partial charge in [0.2, 0.25) is 0 Å². The van der Waals surface area contributed by atoms with Crippen molar-refractivity contribution in [2.24, 2.45) is 0 Å². The molecule has 0 spiro atoms. The first-order valence-corrected chi connectivity index (χ1v) is 5.58. The number of aryl methyl sites for hydroxylation is 1. The summed E-state index contributed by atoms with van der Waals surface area (Å²) in [6.45, 7) is 2.81. The lowest BCUT2D eigenvalue weighted by atomic mass is 10.2. The average molecular weight is 285 g/mol. The fourth-order valence-corrected chi connectivity index (χ4v) is 1.57. The molecule has 1 nitrogen and oxygen atoms in total. The van der Waals surface area contributed by atoms with Gasteiger partial charge in [-0.1, -0.05) is 48.0 Å². The van der Waals surface area contributed by atoms with Crippen LogP contribution in [-0.4, -0.2) is 6.61 Å². The number of hydrogen-bond acceptors (Lipinski definition) is 1. The Morgan fingerprint density at radius 2 is 1.44 bits per heavy atom. The standard InChI is InChI=1S/C15H16O.2ClH/c1-13-7-9-15(10-8-13)16-12-11-14-5-3-2-4-6-14;;/h2-10H,11-12H2,1H3;2*1H. The molecule has 0 unspecified atom stereocenters. The maximum atomic E-state index is 5.66. The Hall–Kier alpha value is -1.18. The van der Waals surface area contributed by atoms with Crippen LogP contribution in [0.4, 0.5) is 0 Å². The van der Waals surface area contributed by atoms with E-state index < -0.39 is 0 Å². The molecule has 0 heterocycles. The van der Waals surface area contributed by atoms with Gasteiger partial charge in [-0.25, -0.2) is 0 Å². The molecule has 18 heavy (non-hydrogen) atoms. The van der Waals surface area contributed by atoms with Crippen LogP contribution in [0.5, 0.6) is 5.75 Å². The number of benzene rings is 2. The Kier molecular flexibility index (Phi) is 8.27. The minimum Gasteiger partial charge on any atom is -0.493 e. The van der Waals surface area contributed by atoms with Gasteiger partial charge in [0.05, 0.1) is 6.61 Å². The van der Waals surface area contributed by atoms with Crippen LogP contribution in [0.2, 0.25) is 0 Å². The predicted octanol–water partition coefficient (Wildman–Crippen LogP) is 4.46. The summed E-state index contributed by atoms with van der Waals surface area (Å²) in [5.74, 6) is 0.946. The van der Waals surface area contributed by atoms with E-state index in [1.807, 2.05) is 18.2 Å². The Bertz CT molecular complexity index is 426. The summed E-state index contributed by atoms with van der Waals surface area (Å²) in [5.41, 5.74) is 2.57. The molecule has 0 amide bonds. The Balaban J connectivity index is 0.00000144. The van der Waals surface area contributed by atoms with E-state index in [2.05, 4.69) is 43.3 Å². The summed E-state index contributed by atoms with van der Waals surface area (Å²) in [6, 6.07) is 18.6. The number of hydrogen-bond donors (Lipinski definition) is 0. The minimum atomic E-state index is 0. The van der Waals surface area contributed by atoms with E-state index in [1.54, 1.807) is 0 Å². The van der Waals surface area contributed by atoms with Crippen molar-refractivity contribution >= 4 is 24.8 Å². The molecule has 98 valence electrons. The second-order valence-electron chi connectivity index (χ2n) is 3.90. The third-order valence-electron chi connectivity index (χ3n) is 2.52. The summed E-state index contributed by atoms with van der Waals surface area (Å²) in [5, 5.41) is 0. The third-order valence-corrected chi connectivity index (χ3v) is 2.52. The van der Waals surface area contributed by atoms with Gasteiger partial charge in [0.1, 0.15) is 5.75 Å². The van der Waals surface area contributed by atoms with E-state index in [1.165, 1.54) is 11.1 Å². The zero-order valence-electron chi connectivity index (χ0n) is 10.3. The lowest BCUT2D eigenvalue weighted by molar-refractivity contribution is 0.322. The van der Waals surface area contributed by atoms with Crippen molar-refractivity contribution < 1.29 is 4.74 Å². The van der Waals surface area contributed by atoms with Gasteiger partial charge in [-0.3, -0.25) is 0 Å². The highest BCUT2D eigenvalue weighted by Crippen LogP contribution is 2.11. The molecule has 0 aliphatic rings. The monoisotopic (exact) mass is 284 g/mol. The van der Waals surface area contributed by atoms with E-state index >= 15 is 0 Å². The summed E-state index contributed by atoms with van der Waals surface area (Å²) < 4.78 is 5.66. The van der Waals surface area contributed by atoms with Gasteiger partial charge in [-0.15, -0.1) is 24.8 Å². The second-order valence-corrected chi connectivity index (χ2v) is 3.90. The van der Waals surface area contributed by atoms with Crippen molar-refractivity contribution in [1.29, 1.82) is 0 Å². The Labute approximate surface area is 121 Å². The van der Waals surface area contributed by atoms with Crippen molar-refractivity contribution in [3.05, 3.63) is 65.7 Å². The first kappa shape index (κ1) is 16.8. The predicted molar refractivity (Wildman–Crippen MR) is 81.3 cm³/mol. The largest absolute Gasteiger partial charge is 0.493 e. The van der Waals surface area contributed by atoms with Crippen molar-refractivity contribution in [2.45, 2.75) is 13.3 Å². The first-order chi connectivity index (χ1) is 7.84. The van der Waals surface area contributed by atoms with Crippen LogP contribution in [0, 0.1) is 6.92 Å². The zero-order valence-corrected chi connectivity index (χ0v) is 12.0. The number of rotatable bonds is 4. The lowest BCUT2D eigenvalue weighted by Gasteiger charge is -2.06. The summed E-state index contributed by atoms with van der Waals surface area (Å²) in [6.07, 6.45) is 0.953. The molecule has 2 aromatic carbocycles. The van der Waals surface area contributed by atoms with Gasteiger partial charge in [-0.2, -0.15) is 0 Å². The van der Waals surface area contributed by atoms with Gasteiger partial charge in [0.25, 0.3) is 0 Å². The smallest absolute Gasteiger partial charge is 0.119 e. The summed E-state index contributed by atoms with van der Waals surface area (Å²) in [7, 11) is 0. The van der Waals surface area contributed by atoms with Crippen LogP contribution < -0.4 is 4.74 Å². The van der Waals surface area contributed by atoms with E-state index in [9.17, 15) is 0 Å². The highest BCUT2D eigenvalue weighted by atomic mass is 35.5. The van der Waals surface area contributed by atoms with Crippen LogP contribution in [0.15, 0.2) is 54.6 Å². The SMILES string of the molecule is Cc1ccc(OCCc2ccccc2)cc1.Cl.Cl. The molecule has 0 aliphatic heterocycles. The molecule has 0 atom stereocenters. The Morgan fingerprint density at radius 3 is 2.06 bits per heavy atom. The number of ether oxygens (including phenoxy) is 1. The van der Waals surface area contributed by atoms with Crippen LogP contribution in [0.3, 0.4) is 0 Å². The molecule has 0 saturated carbocycles. The molecular formula is C15H18Cl2O. The van der Waals surface area contributed by atoms with Crippen LogP contribution in [-0.2, 0) is 6.42 Å². The third kappa shape index (κ3) is 5.44. The second kappa shape index (κ2) is 8.84. The normalized spacial score (nSPS) is 8.94. The average Bonchev–Trinajstić information content (AvgIpc) is 2.33. The molecule has 0 saturated heterocycles. The van der Waals surface area contributed by atoms with E-state index in [4.69, 9.17) is 4.74 Å². The lowest BCUT2D eigenvalue weighted by Crippen LogP contribution is -2.00. The molecular weight excluding hydrogens is 267 g/mol. The number of halogens is 2. The maximum Gasteiger partial charge on any atom is 0.119 e. The molecule has 0 bridgehead atoms. The molecule has 2 rings (SSSR count). The topological polar surface area (TPSA) is 9.23 Å². The molecule has 0 aliphatic carbocycles. The van der Waals surface area contributed by atoms with Crippen LogP contribution >= 0.6 is 24.8 Å². The van der Waals surface area contributed by atoms with Crippen molar-refractivity contribution in [3.63, 3.8) is 0 Å². The van der Waals surface area contributed by atoms with Crippen LogP contribution in [0.1, 0.15) is 11.1 Å². The van der Waals surface area contributed by atoms with E-state index in [0.29, 0.717) is 0 Å². The Morgan fingerprint density at radius 1 is 0.833 bits per heavy atom.